The van der Waals surface area contributed by atoms with E-state index in [1.54, 1.807) is 17.9 Å². The smallest absolute Gasteiger partial charge is 0.338 e. The zero-order chi connectivity index (χ0) is 28.8. The van der Waals surface area contributed by atoms with Crippen LogP contribution in [-0.2, 0) is 14.3 Å². The van der Waals surface area contributed by atoms with E-state index in [-0.39, 0.29) is 31.0 Å². The highest BCUT2D eigenvalue weighted by molar-refractivity contribution is 5.95. The highest BCUT2D eigenvalue weighted by Crippen LogP contribution is 2.35. The molecule has 3 aliphatic rings. The van der Waals surface area contributed by atoms with Gasteiger partial charge < -0.3 is 19.7 Å². The largest absolute Gasteiger partial charge is 0.463 e. The summed E-state index contributed by atoms with van der Waals surface area (Å²) in [6, 6.07) is 15.8. The molecule has 1 atom stereocenters. The van der Waals surface area contributed by atoms with E-state index in [1.807, 2.05) is 59.5 Å². The summed E-state index contributed by atoms with van der Waals surface area (Å²) >= 11 is 0. The number of rotatable bonds is 10. The van der Waals surface area contributed by atoms with Crippen LogP contribution in [0.5, 0.6) is 11.5 Å². The Kier molecular flexibility index (Phi) is 9.04. The fraction of sp³-hybridized carbons (Fsp3) is 0.406. The van der Waals surface area contributed by atoms with Gasteiger partial charge in [0, 0.05) is 50.9 Å². The molecule has 0 radical (unpaired) electrons. The van der Waals surface area contributed by atoms with E-state index in [2.05, 4.69) is 16.8 Å². The van der Waals surface area contributed by atoms with Gasteiger partial charge in [-0.1, -0.05) is 36.4 Å². The Morgan fingerprint density at radius 2 is 1.80 bits per heavy atom. The molecule has 2 aromatic rings. The first-order valence-electron chi connectivity index (χ1n) is 14.4. The summed E-state index contributed by atoms with van der Waals surface area (Å²) < 4.78 is 11.6. The first-order valence-corrected chi connectivity index (χ1v) is 14.4. The molecule has 0 aromatic heterocycles. The molecular formula is C32H38N4O5. The van der Waals surface area contributed by atoms with Crippen LogP contribution in [0.25, 0.3) is 0 Å². The van der Waals surface area contributed by atoms with E-state index < -0.39 is 12.0 Å². The van der Waals surface area contributed by atoms with Crippen molar-refractivity contribution in [1.29, 1.82) is 0 Å². The third kappa shape index (κ3) is 6.79. The van der Waals surface area contributed by atoms with Gasteiger partial charge in [0.05, 0.1) is 18.2 Å². The van der Waals surface area contributed by atoms with Gasteiger partial charge in [0.25, 0.3) is 0 Å². The van der Waals surface area contributed by atoms with Gasteiger partial charge in [-0.05, 0) is 56.0 Å². The van der Waals surface area contributed by atoms with Crippen molar-refractivity contribution in [1.82, 2.24) is 20.0 Å². The highest BCUT2D eigenvalue weighted by atomic mass is 16.5. The van der Waals surface area contributed by atoms with Crippen LogP contribution in [0, 0.1) is 5.92 Å². The Labute approximate surface area is 241 Å². The molecule has 2 heterocycles. The third-order valence-corrected chi connectivity index (χ3v) is 7.62. The Bertz CT molecular complexity index is 1310. The summed E-state index contributed by atoms with van der Waals surface area (Å²) in [5.74, 6) is 1.24. The van der Waals surface area contributed by atoms with Gasteiger partial charge in [-0.25, -0.2) is 9.59 Å². The van der Waals surface area contributed by atoms with Gasteiger partial charge in [0.2, 0.25) is 5.91 Å². The third-order valence-electron chi connectivity index (χ3n) is 7.62. The molecule has 2 aromatic carbocycles. The number of urea groups is 1. The lowest BCUT2D eigenvalue weighted by molar-refractivity contribution is -0.139. The molecule has 216 valence electrons. The molecule has 9 nitrogen and oxygen atoms in total. The minimum atomic E-state index is -0.725. The molecule has 41 heavy (non-hydrogen) atoms. The summed E-state index contributed by atoms with van der Waals surface area (Å²) in [5.41, 5.74) is 1.69. The number of benzene rings is 2. The standard InChI is InChI=1S/C32H38N4O5/c1-3-16-36-27(22-34-17-9-18-35(20-19-34)30(37)23-14-15-23)28(31(38)40-4-2)29(33-32(36)39)24-10-8-13-26(21-24)41-25-11-6-5-7-12-25/h3,5-8,10-13,21,23,29H,1,4,9,14-20,22H2,2H3,(H,33,39). The Morgan fingerprint density at radius 3 is 2.54 bits per heavy atom. The van der Waals surface area contributed by atoms with E-state index in [0.717, 1.165) is 32.4 Å². The zero-order valence-electron chi connectivity index (χ0n) is 23.6. The van der Waals surface area contributed by atoms with Crippen LogP contribution in [0.1, 0.15) is 37.8 Å². The summed E-state index contributed by atoms with van der Waals surface area (Å²) in [5, 5.41) is 3.02. The average Bonchev–Trinajstić information content (AvgIpc) is 3.84. The Hall–Kier alpha value is -4.11. The second-order valence-electron chi connectivity index (χ2n) is 10.6. The first kappa shape index (κ1) is 28.4. The maximum atomic E-state index is 13.6. The number of carbonyl (C=O) groups is 3. The van der Waals surface area contributed by atoms with Crippen LogP contribution in [-0.4, -0.2) is 78.5 Å². The number of carbonyl (C=O) groups excluding carboxylic acids is 3. The second kappa shape index (κ2) is 13.0. The van der Waals surface area contributed by atoms with Gasteiger partial charge in [0.15, 0.2) is 0 Å². The molecule has 2 aliphatic heterocycles. The molecule has 3 amide bonds. The summed E-state index contributed by atoms with van der Waals surface area (Å²) in [4.78, 5) is 45.5. The first-order chi connectivity index (χ1) is 20.0. The van der Waals surface area contributed by atoms with Crippen molar-refractivity contribution in [3.8, 4) is 11.5 Å². The van der Waals surface area contributed by atoms with Gasteiger partial charge in [-0.3, -0.25) is 14.6 Å². The van der Waals surface area contributed by atoms with Crippen molar-refractivity contribution in [2.75, 3.05) is 45.9 Å². The maximum absolute atomic E-state index is 13.6. The molecule has 1 unspecified atom stereocenters. The Morgan fingerprint density at radius 1 is 1.02 bits per heavy atom. The van der Waals surface area contributed by atoms with E-state index in [0.29, 0.717) is 48.0 Å². The molecule has 9 heteroatoms. The second-order valence-corrected chi connectivity index (χ2v) is 10.6. The van der Waals surface area contributed by atoms with E-state index >= 15 is 0 Å². The lowest BCUT2D eigenvalue weighted by Gasteiger charge is -2.38. The topological polar surface area (TPSA) is 91.4 Å². The normalized spacial score (nSPS) is 19.8. The lowest BCUT2D eigenvalue weighted by Crippen LogP contribution is -2.51. The van der Waals surface area contributed by atoms with Crippen LogP contribution < -0.4 is 10.1 Å². The van der Waals surface area contributed by atoms with Crippen molar-refractivity contribution in [2.45, 2.75) is 32.2 Å². The monoisotopic (exact) mass is 558 g/mol. The van der Waals surface area contributed by atoms with Crippen molar-refractivity contribution < 1.29 is 23.9 Å². The molecule has 1 aliphatic carbocycles. The van der Waals surface area contributed by atoms with Crippen molar-refractivity contribution in [3.63, 3.8) is 0 Å². The number of hydrogen-bond donors (Lipinski definition) is 1. The van der Waals surface area contributed by atoms with Crippen molar-refractivity contribution >= 4 is 17.9 Å². The zero-order valence-corrected chi connectivity index (χ0v) is 23.6. The van der Waals surface area contributed by atoms with Gasteiger partial charge in [-0.15, -0.1) is 6.58 Å². The SMILES string of the molecule is C=CCN1C(=O)NC(c2cccc(Oc3ccccc3)c2)C(C(=O)OCC)=C1CN1CCCN(C(=O)C2CC2)CC1. The van der Waals surface area contributed by atoms with E-state index in [1.165, 1.54) is 0 Å². The number of amides is 3. The summed E-state index contributed by atoms with van der Waals surface area (Å²) in [6.45, 7) is 9.20. The number of nitrogens with one attached hydrogen (secondary N) is 1. The molecule has 0 spiro atoms. The van der Waals surface area contributed by atoms with Crippen molar-refractivity contribution in [2.24, 2.45) is 5.92 Å². The fourth-order valence-electron chi connectivity index (χ4n) is 5.43. The maximum Gasteiger partial charge on any atom is 0.338 e. The summed E-state index contributed by atoms with van der Waals surface area (Å²) in [7, 11) is 0. The van der Waals surface area contributed by atoms with Crippen molar-refractivity contribution in [3.05, 3.63) is 84.1 Å². The van der Waals surface area contributed by atoms with E-state index in [9.17, 15) is 14.4 Å². The predicted molar refractivity (Wildman–Crippen MR) is 155 cm³/mol. The quantitative estimate of drug-likeness (QED) is 0.341. The van der Waals surface area contributed by atoms with E-state index in [4.69, 9.17) is 9.47 Å². The molecule has 5 rings (SSSR count). The minimum absolute atomic E-state index is 0.187. The molecule has 1 saturated heterocycles. The average molecular weight is 559 g/mol. The van der Waals surface area contributed by atoms with Crippen LogP contribution in [0.15, 0.2) is 78.5 Å². The van der Waals surface area contributed by atoms with Crippen LogP contribution >= 0.6 is 0 Å². The molecule has 0 bridgehead atoms. The predicted octanol–water partition coefficient (Wildman–Crippen LogP) is 4.49. The molecular weight excluding hydrogens is 520 g/mol. The minimum Gasteiger partial charge on any atom is -0.463 e. The number of ether oxygens (including phenoxy) is 2. The Balaban J connectivity index is 1.47. The molecule has 2 fully saturated rings. The fourth-order valence-corrected chi connectivity index (χ4v) is 5.43. The van der Waals surface area contributed by atoms with Gasteiger partial charge in [-0.2, -0.15) is 0 Å². The lowest BCUT2D eigenvalue weighted by atomic mass is 9.94. The molecule has 1 N–H and O–H groups in total. The number of nitrogens with zero attached hydrogens (tertiary/aromatic N) is 3. The van der Waals surface area contributed by atoms with Gasteiger partial charge in [0.1, 0.15) is 11.5 Å². The van der Waals surface area contributed by atoms with Gasteiger partial charge >= 0.3 is 12.0 Å². The number of esters is 1. The summed E-state index contributed by atoms with van der Waals surface area (Å²) in [6.07, 6.45) is 4.45. The van der Waals surface area contributed by atoms with Crippen LogP contribution in [0.3, 0.4) is 0 Å². The number of hydrogen-bond acceptors (Lipinski definition) is 6. The number of para-hydroxylation sites is 1. The highest BCUT2D eigenvalue weighted by Gasteiger charge is 2.39. The van der Waals surface area contributed by atoms with Crippen LogP contribution in [0.4, 0.5) is 4.79 Å². The molecule has 1 saturated carbocycles. The van der Waals surface area contributed by atoms with Crippen LogP contribution in [0.2, 0.25) is 0 Å².